The lowest BCUT2D eigenvalue weighted by molar-refractivity contribution is -0.139. The number of methoxy groups -OCH3 is 1. The molecular formula is C9H7ClF3NO2. The predicted molar refractivity (Wildman–Crippen MR) is 49.9 cm³/mol. The summed E-state index contributed by atoms with van der Waals surface area (Å²) < 4.78 is 42.3. The van der Waals surface area contributed by atoms with Crippen LogP contribution in [-0.2, 0) is 16.0 Å². The number of aromatic nitrogens is 1. The van der Waals surface area contributed by atoms with Crippen molar-refractivity contribution in [2.75, 3.05) is 7.11 Å². The molecule has 0 unspecified atom stereocenters. The number of halogens is 4. The van der Waals surface area contributed by atoms with Gasteiger partial charge in [-0.3, -0.25) is 9.78 Å². The molecule has 1 rings (SSSR count). The van der Waals surface area contributed by atoms with E-state index in [9.17, 15) is 18.0 Å². The van der Waals surface area contributed by atoms with Crippen molar-refractivity contribution in [2.45, 2.75) is 12.8 Å². The zero-order chi connectivity index (χ0) is 12.3. The van der Waals surface area contributed by atoms with Crippen molar-refractivity contribution in [2.24, 2.45) is 0 Å². The third kappa shape index (κ3) is 2.63. The van der Waals surface area contributed by atoms with Gasteiger partial charge in [-0.1, -0.05) is 11.6 Å². The van der Waals surface area contributed by atoms with Crippen LogP contribution in [0.2, 0.25) is 5.02 Å². The van der Waals surface area contributed by atoms with Gasteiger partial charge in [0.15, 0.2) is 5.82 Å². The molecule has 0 radical (unpaired) electrons. The molecule has 0 N–H and O–H groups in total. The van der Waals surface area contributed by atoms with Crippen LogP contribution in [-0.4, -0.2) is 18.1 Å². The van der Waals surface area contributed by atoms with Crippen molar-refractivity contribution < 1.29 is 22.7 Å². The van der Waals surface area contributed by atoms with E-state index in [0.717, 1.165) is 7.11 Å². The first-order valence-electron chi connectivity index (χ1n) is 4.15. The molecular weight excluding hydrogens is 247 g/mol. The molecule has 1 aromatic heterocycles. The van der Waals surface area contributed by atoms with Gasteiger partial charge in [0.1, 0.15) is 5.69 Å². The van der Waals surface area contributed by atoms with E-state index in [-0.39, 0.29) is 5.56 Å². The topological polar surface area (TPSA) is 39.2 Å². The second-order valence-electron chi connectivity index (χ2n) is 2.84. The van der Waals surface area contributed by atoms with Crippen LogP contribution in [0.3, 0.4) is 0 Å². The van der Waals surface area contributed by atoms with Gasteiger partial charge in [0.05, 0.1) is 24.8 Å². The molecule has 16 heavy (non-hydrogen) atoms. The first kappa shape index (κ1) is 12.8. The molecule has 0 bridgehead atoms. The van der Waals surface area contributed by atoms with E-state index in [0.29, 0.717) is 6.20 Å². The van der Waals surface area contributed by atoms with E-state index in [4.69, 9.17) is 11.6 Å². The zero-order valence-corrected chi connectivity index (χ0v) is 8.89. The van der Waals surface area contributed by atoms with Gasteiger partial charge >= 0.3 is 5.97 Å². The lowest BCUT2D eigenvalue weighted by Gasteiger charge is -2.09. The molecule has 0 atom stereocenters. The molecule has 1 aromatic rings. The predicted octanol–water partition coefficient (Wildman–Crippen LogP) is 2.53. The maximum Gasteiger partial charge on any atom is 0.310 e. The minimum Gasteiger partial charge on any atom is -0.469 e. The Morgan fingerprint density at radius 2 is 2.25 bits per heavy atom. The Kier molecular flexibility index (Phi) is 4.12. The minimum absolute atomic E-state index is 0.344. The highest BCUT2D eigenvalue weighted by Crippen LogP contribution is 2.28. The monoisotopic (exact) mass is 253 g/mol. The van der Waals surface area contributed by atoms with E-state index < -0.39 is 35.3 Å². The van der Waals surface area contributed by atoms with Crippen molar-refractivity contribution in [3.05, 3.63) is 28.3 Å². The summed E-state index contributed by atoms with van der Waals surface area (Å²) in [4.78, 5) is 14.2. The van der Waals surface area contributed by atoms with Crippen molar-refractivity contribution >= 4 is 17.6 Å². The Balaban J connectivity index is 3.20. The van der Waals surface area contributed by atoms with E-state index in [2.05, 4.69) is 9.72 Å². The molecule has 0 fully saturated rings. The van der Waals surface area contributed by atoms with Crippen molar-refractivity contribution in [3.8, 4) is 0 Å². The highest BCUT2D eigenvalue weighted by atomic mass is 35.5. The number of nitrogens with zero attached hydrogens (tertiary/aromatic N) is 1. The normalized spacial score (nSPS) is 10.6. The van der Waals surface area contributed by atoms with Crippen molar-refractivity contribution in [3.63, 3.8) is 0 Å². The van der Waals surface area contributed by atoms with E-state index in [1.807, 2.05) is 0 Å². The van der Waals surface area contributed by atoms with Crippen molar-refractivity contribution in [1.82, 2.24) is 4.98 Å². The van der Waals surface area contributed by atoms with Gasteiger partial charge in [0.25, 0.3) is 6.43 Å². The first-order valence-corrected chi connectivity index (χ1v) is 4.53. The van der Waals surface area contributed by atoms with Crippen LogP contribution in [0.15, 0.2) is 6.20 Å². The van der Waals surface area contributed by atoms with Crippen molar-refractivity contribution in [1.29, 1.82) is 0 Å². The summed E-state index contributed by atoms with van der Waals surface area (Å²) in [5.41, 5.74) is -1.06. The van der Waals surface area contributed by atoms with Crippen LogP contribution in [0.4, 0.5) is 13.2 Å². The summed E-state index contributed by atoms with van der Waals surface area (Å²) >= 11 is 5.49. The second kappa shape index (κ2) is 5.16. The van der Waals surface area contributed by atoms with E-state index in [1.54, 1.807) is 0 Å². The van der Waals surface area contributed by atoms with Gasteiger partial charge in [-0.25, -0.2) is 13.2 Å². The lowest BCUT2D eigenvalue weighted by Crippen LogP contribution is -2.10. The lowest BCUT2D eigenvalue weighted by atomic mass is 10.1. The Hall–Kier alpha value is -1.30. The fourth-order valence-corrected chi connectivity index (χ4v) is 1.30. The fourth-order valence-electron chi connectivity index (χ4n) is 1.09. The fraction of sp³-hybridized carbons (Fsp3) is 0.333. The number of pyridine rings is 1. The van der Waals surface area contributed by atoms with Gasteiger partial charge in [-0.05, 0) is 0 Å². The molecule has 0 saturated carbocycles. The SMILES string of the molecule is COC(=O)Cc1c(C(F)F)ncc(F)c1Cl. The maximum atomic E-state index is 13.0. The van der Waals surface area contributed by atoms with Crippen LogP contribution in [0.5, 0.6) is 0 Å². The number of rotatable bonds is 3. The highest BCUT2D eigenvalue weighted by Gasteiger charge is 2.22. The molecule has 3 nitrogen and oxygen atoms in total. The third-order valence-corrected chi connectivity index (χ3v) is 2.26. The number of alkyl halides is 2. The highest BCUT2D eigenvalue weighted by molar-refractivity contribution is 6.31. The molecule has 0 spiro atoms. The molecule has 88 valence electrons. The molecule has 0 aliphatic rings. The average molecular weight is 254 g/mol. The standard InChI is InChI=1S/C9H7ClF3NO2/c1-16-6(15)2-4-7(10)5(11)3-14-8(4)9(12)13/h3,9H,2H2,1H3. The average Bonchev–Trinajstić information content (AvgIpc) is 2.24. The van der Waals surface area contributed by atoms with Gasteiger partial charge in [-0.2, -0.15) is 0 Å². The largest absolute Gasteiger partial charge is 0.469 e. The maximum absolute atomic E-state index is 13.0. The van der Waals surface area contributed by atoms with Gasteiger partial charge in [0.2, 0.25) is 0 Å². The minimum atomic E-state index is -2.93. The molecule has 0 amide bonds. The smallest absolute Gasteiger partial charge is 0.310 e. The van der Waals surface area contributed by atoms with Crippen LogP contribution in [0.25, 0.3) is 0 Å². The number of hydrogen-bond acceptors (Lipinski definition) is 3. The number of esters is 1. The van der Waals surface area contributed by atoms with E-state index >= 15 is 0 Å². The summed E-state index contributed by atoms with van der Waals surface area (Å²) in [6, 6.07) is 0. The molecule has 1 heterocycles. The van der Waals surface area contributed by atoms with Crippen LogP contribution >= 0.6 is 11.6 Å². The van der Waals surface area contributed by atoms with Gasteiger partial charge in [0, 0.05) is 5.56 Å². The zero-order valence-electron chi connectivity index (χ0n) is 8.14. The molecule has 0 saturated heterocycles. The number of hydrogen-bond donors (Lipinski definition) is 0. The van der Waals surface area contributed by atoms with Crippen LogP contribution in [0.1, 0.15) is 17.7 Å². The molecule has 0 aromatic carbocycles. The first-order chi connectivity index (χ1) is 7.47. The third-order valence-electron chi connectivity index (χ3n) is 1.86. The summed E-state index contributed by atoms with van der Waals surface area (Å²) in [7, 11) is 1.09. The van der Waals surface area contributed by atoms with Gasteiger partial charge < -0.3 is 4.74 Å². The number of carbonyl (C=O) groups is 1. The summed E-state index contributed by atoms with van der Waals surface area (Å²) in [6.07, 6.45) is -2.89. The number of carbonyl (C=O) groups excluding carboxylic acids is 1. The van der Waals surface area contributed by atoms with Crippen LogP contribution < -0.4 is 0 Å². The Bertz CT molecular complexity index is 412. The molecule has 7 heteroatoms. The quantitative estimate of drug-likeness (QED) is 0.777. The Labute approximate surface area is 94.2 Å². The van der Waals surface area contributed by atoms with E-state index in [1.165, 1.54) is 0 Å². The second-order valence-corrected chi connectivity index (χ2v) is 3.22. The van der Waals surface area contributed by atoms with Crippen LogP contribution in [0, 0.1) is 5.82 Å². The summed E-state index contributed by atoms with van der Waals surface area (Å²) in [6.45, 7) is 0. The molecule has 0 aliphatic heterocycles. The van der Waals surface area contributed by atoms with Gasteiger partial charge in [-0.15, -0.1) is 0 Å². The number of ether oxygens (including phenoxy) is 1. The summed E-state index contributed by atoms with van der Waals surface area (Å²) in [5, 5.41) is -0.532. The Morgan fingerprint density at radius 3 is 2.75 bits per heavy atom. The molecule has 0 aliphatic carbocycles. The Morgan fingerprint density at radius 1 is 1.62 bits per heavy atom. The summed E-state index contributed by atoms with van der Waals surface area (Å²) in [5.74, 6) is -1.75.